The zero-order valence-electron chi connectivity index (χ0n) is 26.6. The third-order valence-corrected chi connectivity index (χ3v) is 10.3. The van der Waals surface area contributed by atoms with Crippen molar-refractivity contribution >= 4 is 28.5 Å². The molecule has 2 aliphatic heterocycles. The van der Waals surface area contributed by atoms with Crippen molar-refractivity contribution in [2.75, 3.05) is 24.5 Å². The fourth-order valence-corrected chi connectivity index (χ4v) is 7.85. The summed E-state index contributed by atoms with van der Waals surface area (Å²) in [6.07, 6.45) is 9.17. The van der Waals surface area contributed by atoms with Gasteiger partial charge in [0.25, 0.3) is 0 Å². The van der Waals surface area contributed by atoms with E-state index in [9.17, 15) is 9.59 Å². The minimum Gasteiger partial charge on any atom is -0.476 e. The first kappa shape index (κ1) is 29.2. The number of carboxylic acids is 1. The highest BCUT2D eigenvalue weighted by molar-refractivity contribution is 5.97. The second kappa shape index (κ2) is 11.3. The number of nitrogens with zero attached hydrogens (tertiary/aromatic N) is 8. The molecule has 4 aromatic heterocycles. The van der Waals surface area contributed by atoms with Gasteiger partial charge in [-0.1, -0.05) is 18.2 Å². The Kier molecular flexibility index (Phi) is 7.00. The molecule has 1 N–H and O–H groups in total. The third-order valence-electron chi connectivity index (χ3n) is 10.3. The maximum Gasteiger partial charge on any atom is 0.356 e. The summed E-state index contributed by atoms with van der Waals surface area (Å²) in [6, 6.07) is 15.9. The van der Waals surface area contributed by atoms with E-state index in [1.54, 1.807) is 13.0 Å². The molecule has 0 unspecified atom stereocenters. The van der Waals surface area contributed by atoms with Crippen LogP contribution in [0.3, 0.4) is 0 Å². The lowest BCUT2D eigenvalue weighted by molar-refractivity contribution is -0.129. The highest BCUT2D eigenvalue weighted by Crippen LogP contribution is 2.54. The first-order chi connectivity index (χ1) is 22.7. The average Bonchev–Trinajstić information content (AvgIpc) is 3.38. The Morgan fingerprint density at radius 1 is 1.02 bits per heavy atom. The molecule has 1 saturated heterocycles. The number of carbonyl (C=O) groups excluding carboxylic acids is 1. The monoisotopic (exact) mass is 628 g/mol. The first-order valence-corrected chi connectivity index (χ1v) is 16.2. The van der Waals surface area contributed by atoms with Gasteiger partial charge in [0.05, 0.1) is 11.4 Å². The summed E-state index contributed by atoms with van der Waals surface area (Å²) in [4.78, 5) is 36.9. The molecule has 0 bridgehead atoms. The molecule has 5 aromatic rings. The van der Waals surface area contributed by atoms with E-state index in [2.05, 4.69) is 51.5 Å². The largest absolute Gasteiger partial charge is 0.476 e. The number of carbonyl (C=O) groups is 2. The maximum absolute atomic E-state index is 12.1. The summed E-state index contributed by atoms with van der Waals surface area (Å²) in [5.74, 6) is 0.487. The quantitative estimate of drug-likeness (QED) is 0.266. The van der Waals surface area contributed by atoms with Gasteiger partial charge in [0.1, 0.15) is 0 Å². The molecule has 0 atom stereocenters. The van der Waals surface area contributed by atoms with Crippen molar-refractivity contribution in [3.8, 4) is 22.5 Å². The smallest absolute Gasteiger partial charge is 0.356 e. The molecular formula is C36H36N8O3. The van der Waals surface area contributed by atoms with Crippen LogP contribution in [0.5, 0.6) is 0 Å². The van der Waals surface area contributed by atoms with E-state index >= 15 is 0 Å². The fourth-order valence-electron chi connectivity index (χ4n) is 7.85. The third kappa shape index (κ3) is 5.29. The number of amides is 1. The zero-order valence-corrected chi connectivity index (χ0v) is 26.6. The van der Waals surface area contributed by atoms with Gasteiger partial charge in [-0.3, -0.25) is 19.4 Å². The van der Waals surface area contributed by atoms with Gasteiger partial charge in [0.15, 0.2) is 11.5 Å². The van der Waals surface area contributed by atoms with Crippen LogP contribution in [0.4, 0.5) is 5.82 Å². The predicted octanol–water partition coefficient (Wildman–Crippen LogP) is 4.94. The Morgan fingerprint density at radius 3 is 2.60 bits per heavy atom. The van der Waals surface area contributed by atoms with E-state index in [0.29, 0.717) is 17.9 Å². The molecule has 1 aromatic carbocycles. The lowest BCUT2D eigenvalue weighted by atomic mass is 9.56. The predicted molar refractivity (Wildman–Crippen MR) is 177 cm³/mol. The molecule has 1 aliphatic carbocycles. The van der Waals surface area contributed by atoms with Crippen molar-refractivity contribution < 1.29 is 14.7 Å². The SMILES string of the molecule is CC(=O)N1CCc2c(c(-c3cccc4cc(-c5ccc(CCC6CC7(C6)CN(c6ccc(C(=O)O)nn6)C7)nc5)ncc34)nn2C)C1. The molecule has 11 heteroatoms. The van der Waals surface area contributed by atoms with Crippen LogP contribution >= 0.6 is 0 Å². The van der Waals surface area contributed by atoms with Crippen LogP contribution in [0.2, 0.25) is 0 Å². The number of benzene rings is 1. The van der Waals surface area contributed by atoms with Crippen molar-refractivity contribution in [2.45, 2.75) is 45.6 Å². The Labute approximate surface area is 272 Å². The molecule has 8 rings (SSSR count). The fraction of sp³-hybridized carbons (Fsp3) is 0.361. The van der Waals surface area contributed by atoms with Crippen molar-refractivity contribution in [2.24, 2.45) is 18.4 Å². The second-order valence-electron chi connectivity index (χ2n) is 13.5. The van der Waals surface area contributed by atoms with Gasteiger partial charge in [-0.15, -0.1) is 10.2 Å². The average molecular weight is 629 g/mol. The van der Waals surface area contributed by atoms with Gasteiger partial charge in [-0.25, -0.2) is 4.79 Å². The van der Waals surface area contributed by atoms with Gasteiger partial charge in [0, 0.05) is 97.8 Å². The Hall–Kier alpha value is -5.19. The van der Waals surface area contributed by atoms with Gasteiger partial charge in [0.2, 0.25) is 5.91 Å². The molecule has 238 valence electrons. The van der Waals surface area contributed by atoms with Gasteiger partial charge >= 0.3 is 5.97 Å². The maximum atomic E-state index is 12.1. The standard InChI is InChI=1S/C36H36N8O3/c1-22(45)43-13-12-32-29(19-43)34(41-42(32)2)27-5-3-4-24-14-31(38-18-28(24)27)25-7-9-26(37-17-25)8-6-23-15-36(16-23)20-44(21-36)33-11-10-30(35(46)47)39-40-33/h3-5,7,9-11,14,17-18,23H,6,8,12-13,15-16,19-21H2,1-2H3,(H,46,47). The van der Waals surface area contributed by atoms with E-state index in [1.165, 1.54) is 24.6 Å². The summed E-state index contributed by atoms with van der Waals surface area (Å²) in [5, 5.41) is 24.0. The number of anilines is 1. The van der Waals surface area contributed by atoms with Crippen LogP contribution in [0.25, 0.3) is 33.3 Å². The van der Waals surface area contributed by atoms with Gasteiger partial charge in [-0.05, 0) is 67.3 Å². The minimum absolute atomic E-state index is 0.0271. The van der Waals surface area contributed by atoms with Gasteiger partial charge in [-0.2, -0.15) is 5.10 Å². The number of fused-ring (bicyclic) bond motifs is 2. The molecule has 11 nitrogen and oxygen atoms in total. The zero-order chi connectivity index (χ0) is 32.3. The number of hydrogen-bond acceptors (Lipinski definition) is 8. The van der Waals surface area contributed by atoms with Crippen LogP contribution in [0.15, 0.2) is 60.9 Å². The Morgan fingerprint density at radius 2 is 1.87 bits per heavy atom. The molecule has 3 aliphatic rings. The van der Waals surface area contributed by atoms with Crippen LogP contribution in [-0.2, 0) is 31.2 Å². The summed E-state index contributed by atoms with van der Waals surface area (Å²) in [7, 11) is 1.98. The summed E-state index contributed by atoms with van der Waals surface area (Å²) in [6.45, 7) is 4.85. The molecule has 1 spiro atoms. The lowest BCUT2D eigenvalue weighted by Crippen LogP contribution is -2.62. The molecule has 1 amide bonds. The van der Waals surface area contributed by atoms with Gasteiger partial charge < -0.3 is 14.9 Å². The molecule has 47 heavy (non-hydrogen) atoms. The van der Waals surface area contributed by atoms with Crippen molar-refractivity contribution in [3.05, 3.63) is 83.6 Å². The number of hydrogen-bond donors (Lipinski definition) is 1. The van der Waals surface area contributed by atoms with E-state index in [0.717, 1.165) is 89.3 Å². The van der Waals surface area contributed by atoms with E-state index in [-0.39, 0.29) is 11.6 Å². The molecular weight excluding hydrogens is 592 g/mol. The van der Waals surface area contributed by atoms with Crippen LogP contribution in [0.1, 0.15) is 53.6 Å². The highest BCUT2D eigenvalue weighted by atomic mass is 16.4. The highest BCUT2D eigenvalue weighted by Gasteiger charge is 2.52. The summed E-state index contributed by atoms with van der Waals surface area (Å²) in [5.41, 5.74) is 7.58. The van der Waals surface area contributed by atoms with E-state index in [1.807, 2.05) is 29.0 Å². The Bertz CT molecular complexity index is 2010. The van der Waals surface area contributed by atoms with Crippen molar-refractivity contribution in [3.63, 3.8) is 0 Å². The van der Waals surface area contributed by atoms with Crippen LogP contribution in [-0.4, -0.2) is 71.5 Å². The number of pyridine rings is 2. The molecule has 6 heterocycles. The number of rotatable bonds is 7. The second-order valence-corrected chi connectivity index (χ2v) is 13.5. The number of aromatic nitrogens is 6. The summed E-state index contributed by atoms with van der Waals surface area (Å²) < 4.78 is 1.96. The minimum atomic E-state index is -1.06. The van der Waals surface area contributed by atoms with Crippen molar-refractivity contribution in [1.82, 2.24) is 34.8 Å². The van der Waals surface area contributed by atoms with Crippen LogP contribution in [0, 0.1) is 11.3 Å². The first-order valence-electron chi connectivity index (χ1n) is 16.2. The molecule has 1 saturated carbocycles. The normalized spacial score (nSPS) is 17.0. The number of aryl methyl sites for hydroxylation is 2. The Balaban J connectivity index is 0.898. The van der Waals surface area contributed by atoms with E-state index < -0.39 is 5.97 Å². The number of carboxylic acid groups (broad SMARTS) is 1. The summed E-state index contributed by atoms with van der Waals surface area (Å²) >= 11 is 0. The van der Waals surface area contributed by atoms with Crippen LogP contribution < -0.4 is 4.90 Å². The number of aromatic carboxylic acids is 1. The topological polar surface area (TPSA) is 130 Å². The van der Waals surface area contributed by atoms with Crippen molar-refractivity contribution in [1.29, 1.82) is 0 Å². The lowest BCUT2D eigenvalue weighted by Gasteiger charge is -2.59. The molecule has 0 radical (unpaired) electrons. The molecule has 2 fully saturated rings. The van der Waals surface area contributed by atoms with E-state index in [4.69, 9.17) is 20.2 Å².